The highest BCUT2D eigenvalue weighted by Crippen LogP contribution is 2.20. The summed E-state index contributed by atoms with van der Waals surface area (Å²) >= 11 is 0. The zero-order valence-electron chi connectivity index (χ0n) is 7.90. The molecule has 0 aliphatic heterocycles. The van der Waals surface area contributed by atoms with Crippen LogP contribution < -0.4 is 5.73 Å². The van der Waals surface area contributed by atoms with E-state index in [2.05, 4.69) is 14.9 Å². The van der Waals surface area contributed by atoms with Crippen molar-refractivity contribution >= 4 is 0 Å². The molecule has 0 saturated heterocycles. The largest absolute Gasteiger partial charge is 0.325 e. The van der Waals surface area contributed by atoms with Gasteiger partial charge in [0, 0.05) is 12.1 Å². The van der Waals surface area contributed by atoms with E-state index < -0.39 is 0 Å². The number of aromatic nitrogens is 2. The lowest BCUT2D eigenvalue weighted by molar-refractivity contribution is 0.304. The van der Waals surface area contributed by atoms with Crippen LogP contribution in [0.3, 0.4) is 0 Å². The summed E-state index contributed by atoms with van der Waals surface area (Å²) < 4.78 is 4.64. The van der Waals surface area contributed by atoms with E-state index in [1.54, 1.807) is 0 Å². The fraction of sp³-hybridized carbons (Fsp3) is 0.200. The molecule has 2 rings (SSSR count). The highest BCUT2D eigenvalue weighted by Gasteiger charge is 2.09. The molecule has 1 aromatic carbocycles. The molecule has 14 heavy (non-hydrogen) atoms. The zero-order valence-corrected chi connectivity index (χ0v) is 7.90. The van der Waals surface area contributed by atoms with Crippen molar-refractivity contribution in [2.75, 3.05) is 0 Å². The van der Waals surface area contributed by atoms with Gasteiger partial charge in [0.05, 0.1) is 0 Å². The van der Waals surface area contributed by atoms with Crippen molar-refractivity contribution in [2.24, 2.45) is 5.73 Å². The molecular weight excluding hydrogens is 178 g/mol. The summed E-state index contributed by atoms with van der Waals surface area (Å²) in [5, 5.41) is 7.54. The standard InChI is InChI=1S/C10H11N3O/c1-7-2-4-8(5-3-7)10-9(6-11)12-14-13-10/h2-5H,6,11H2,1H3. The Morgan fingerprint density at radius 3 is 2.57 bits per heavy atom. The first kappa shape index (κ1) is 8.90. The summed E-state index contributed by atoms with van der Waals surface area (Å²) in [7, 11) is 0. The Hall–Kier alpha value is -1.68. The molecular formula is C10H11N3O. The maximum atomic E-state index is 5.50. The number of hydrogen-bond acceptors (Lipinski definition) is 4. The number of benzene rings is 1. The van der Waals surface area contributed by atoms with Crippen LogP contribution in [0, 0.1) is 6.92 Å². The van der Waals surface area contributed by atoms with E-state index in [0.717, 1.165) is 11.3 Å². The number of rotatable bonds is 2. The molecule has 2 N–H and O–H groups in total. The summed E-state index contributed by atoms with van der Waals surface area (Å²) in [5.41, 5.74) is 9.11. The summed E-state index contributed by atoms with van der Waals surface area (Å²) in [6, 6.07) is 8.00. The van der Waals surface area contributed by atoms with Gasteiger partial charge in [0.15, 0.2) is 0 Å². The Morgan fingerprint density at radius 1 is 1.21 bits per heavy atom. The first-order chi connectivity index (χ1) is 6.81. The normalized spacial score (nSPS) is 10.4. The third-order valence-corrected chi connectivity index (χ3v) is 2.07. The first-order valence-corrected chi connectivity index (χ1v) is 4.40. The van der Waals surface area contributed by atoms with E-state index >= 15 is 0 Å². The summed E-state index contributed by atoms with van der Waals surface area (Å²) in [4.78, 5) is 0. The Bertz CT molecular complexity index is 419. The molecule has 0 spiro atoms. The number of nitrogens with zero attached hydrogens (tertiary/aromatic N) is 2. The van der Waals surface area contributed by atoms with Gasteiger partial charge in [0.25, 0.3) is 0 Å². The molecule has 1 aromatic heterocycles. The molecule has 72 valence electrons. The van der Waals surface area contributed by atoms with Crippen molar-refractivity contribution < 1.29 is 4.63 Å². The van der Waals surface area contributed by atoms with Crippen LogP contribution in [0.5, 0.6) is 0 Å². The molecule has 0 unspecified atom stereocenters. The number of hydrogen-bond donors (Lipinski definition) is 1. The minimum Gasteiger partial charge on any atom is -0.325 e. The average Bonchev–Trinajstić information content (AvgIpc) is 2.67. The second kappa shape index (κ2) is 3.59. The second-order valence-corrected chi connectivity index (χ2v) is 3.13. The van der Waals surface area contributed by atoms with E-state index in [0.29, 0.717) is 12.2 Å². The lowest BCUT2D eigenvalue weighted by Crippen LogP contribution is -1.98. The first-order valence-electron chi connectivity index (χ1n) is 4.40. The quantitative estimate of drug-likeness (QED) is 0.777. The van der Waals surface area contributed by atoms with Crippen LogP contribution in [0.4, 0.5) is 0 Å². The minimum absolute atomic E-state index is 0.340. The molecule has 0 aliphatic carbocycles. The summed E-state index contributed by atoms with van der Waals surface area (Å²) in [5.74, 6) is 0. The third kappa shape index (κ3) is 1.52. The van der Waals surface area contributed by atoms with Crippen LogP contribution in [-0.4, -0.2) is 10.3 Å². The monoisotopic (exact) mass is 189 g/mol. The van der Waals surface area contributed by atoms with Crippen molar-refractivity contribution in [3.63, 3.8) is 0 Å². The van der Waals surface area contributed by atoms with Crippen LogP contribution in [0.15, 0.2) is 28.9 Å². The molecule has 2 aromatic rings. The van der Waals surface area contributed by atoms with Crippen LogP contribution in [0.2, 0.25) is 0 Å². The van der Waals surface area contributed by atoms with Gasteiger partial charge in [-0.3, -0.25) is 0 Å². The Labute approximate surface area is 81.7 Å². The van der Waals surface area contributed by atoms with Crippen LogP contribution in [-0.2, 0) is 6.54 Å². The van der Waals surface area contributed by atoms with Crippen molar-refractivity contribution in [3.05, 3.63) is 35.5 Å². The lowest BCUT2D eigenvalue weighted by Gasteiger charge is -1.97. The molecule has 0 saturated carbocycles. The maximum absolute atomic E-state index is 5.50. The molecule has 0 radical (unpaired) electrons. The van der Waals surface area contributed by atoms with Gasteiger partial charge < -0.3 is 5.73 Å². The third-order valence-electron chi connectivity index (χ3n) is 2.07. The van der Waals surface area contributed by atoms with E-state index in [9.17, 15) is 0 Å². The van der Waals surface area contributed by atoms with Gasteiger partial charge in [-0.1, -0.05) is 35.0 Å². The van der Waals surface area contributed by atoms with Gasteiger partial charge >= 0.3 is 0 Å². The fourth-order valence-electron chi connectivity index (χ4n) is 1.27. The molecule has 0 bridgehead atoms. The van der Waals surface area contributed by atoms with Gasteiger partial charge in [-0.2, -0.15) is 0 Å². The smallest absolute Gasteiger partial charge is 0.139 e. The van der Waals surface area contributed by atoms with E-state index in [4.69, 9.17) is 5.73 Å². The van der Waals surface area contributed by atoms with E-state index in [1.807, 2.05) is 31.2 Å². The molecule has 0 atom stereocenters. The predicted octanol–water partition coefficient (Wildman–Crippen LogP) is 1.50. The van der Waals surface area contributed by atoms with E-state index in [1.165, 1.54) is 5.56 Å². The minimum atomic E-state index is 0.340. The zero-order chi connectivity index (χ0) is 9.97. The second-order valence-electron chi connectivity index (χ2n) is 3.13. The van der Waals surface area contributed by atoms with Gasteiger partial charge in [-0.05, 0) is 12.1 Å². The Morgan fingerprint density at radius 2 is 1.93 bits per heavy atom. The summed E-state index contributed by atoms with van der Waals surface area (Å²) in [6.45, 7) is 2.38. The van der Waals surface area contributed by atoms with Gasteiger partial charge in [-0.25, -0.2) is 4.63 Å². The Balaban J connectivity index is 2.44. The van der Waals surface area contributed by atoms with Crippen molar-refractivity contribution in [1.29, 1.82) is 0 Å². The molecule has 4 nitrogen and oxygen atoms in total. The predicted molar refractivity (Wildman–Crippen MR) is 52.4 cm³/mol. The Kier molecular flexibility index (Phi) is 2.28. The van der Waals surface area contributed by atoms with E-state index in [-0.39, 0.29) is 0 Å². The lowest BCUT2D eigenvalue weighted by atomic mass is 10.1. The number of nitrogens with two attached hydrogens (primary N) is 1. The van der Waals surface area contributed by atoms with Gasteiger partial charge in [-0.15, -0.1) is 0 Å². The summed E-state index contributed by atoms with van der Waals surface area (Å²) in [6.07, 6.45) is 0. The maximum Gasteiger partial charge on any atom is 0.139 e. The molecule has 1 heterocycles. The van der Waals surface area contributed by atoms with Crippen molar-refractivity contribution in [1.82, 2.24) is 10.3 Å². The average molecular weight is 189 g/mol. The van der Waals surface area contributed by atoms with Crippen LogP contribution >= 0.6 is 0 Å². The molecule has 4 heteroatoms. The highest BCUT2D eigenvalue weighted by molar-refractivity contribution is 5.61. The van der Waals surface area contributed by atoms with Crippen LogP contribution in [0.1, 0.15) is 11.3 Å². The number of aryl methyl sites for hydroxylation is 1. The molecule has 0 fully saturated rings. The van der Waals surface area contributed by atoms with Gasteiger partial charge in [0.2, 0.25) is 0 Å². The topological polar surface area (TPSA) is 64.9 Å². The van der Waals surface area contributed by atoms with Crippen molar-refractivity contribution in [3.8, 4) is 11.3 Å². The molecule has 0 aliphatic rings. The van der Waals surface area contributed by atoms with Crippen molar-refractivity contribution in [2.45, 2.75) is 13.5 Å². The van der Waals surface area contributed by atoms with Gasteiger partial charge in [0.1, 0.15) is 11.4 Å². The fourth-order valence-corrected chi connectivity index (χ4v) is 1.27. The highest BCUT2D eigenvalue weighted by atomic mass is 16.6. The molecule has 0 amide bonds. The van der Waals surface area contributed by atoms with Crippen LogP contribution in [0.25, 0.3) is 11.3 Å². The SMILES string of the molecule is Cc1ccc(-c2nonc2CN)cc1.